The van der Waals surface area contributed by atoms with E-state index >= 15 is 0 Å². The van der Waals surface area contributed by atoms with Crippen LogP contribution in [0.4, 0.5) is 0 Å². The molecule has 0 radical (unpaired) electrons. The van der Waals surface area contributed by atoms with Crippen molar-refractivity contribution in [2.45, 2.75) is 90.9 Å². The number of hydrogen-bond acceptors (Lipinski definition) is 4. The van der Waals surface area contributed by atoms with Crippen molar-refractivity contribution in [2.24, 2.45) is 0 Å². The van der Waals surface area contributed by atoms with Crippen molar-refractivity contribution in [1.29, 1.82) is 0 Å². The molecule has 6 heteroatoms. The average molecular weight is 393 g/mol. The standard InChI is InChI=1S/C20H34O4S.Na/c1-3-5-6-7-8-9-10-11-12-13-14-18-15-16-20(19(4-2)17-18)24-25(21,22)23;/h15-17H,3-14H2,1-2H3,(H,21,22,23);/q;+1/p-1. The minimum absolute atomic E-state index is 0. The van der Waals surface area contributed by atoms with Crippen molar-refractivity contribution in [3.63, 3.8) is 0 Å². The molecule has 0 saturated heterocycles. The van der Waals surface area contributed by atoms with E-state index in [9.17, 15) is 13.0 Å². The summed E-state index contributed by atoms with van der Waals surface area (Å²) in [4.78, 5) is 0. The van der Waals surface area contributed by atoms with E-state index in [0.29, 0.717) is 6.42 Å². The zero-order valence-corrected chi connectivity index (χ0v) is 19.6. The molecule has 0 aliphatic heterocycles. The minimum atomic E-state index is -4.71. The molecule has 0 fully saturated rings. The first-order valence-corrected chi connectivity index (χ1v) is 11.1. The first kappa shape index (κ1) is 25.9. The molecule has 0 aliphatic rings. The van der Waals surface area contributed by atoms with Crippen LogP contribution < -0.4 is 33.7 Å². The fraction of sp³-hybridized carbons (Fsp3) is 0.700. The summed E-state index contributed by atoms with van der Waals surface area (Å²) in [6.07, 6.45) is 14.7. The molecule has 0 atom stereocenters. The van der Waals surface area contributed by atoms with Gasteiger partial charge in [0.2, 0.25) is 0 Å². The number of aryl methyl sites for hydroxylation is 2. The summed E-state index contributed by atoms with van der Waals surface area (Å²) in [6.45, 7) is 4.17. The van der Waals surface area contributed by atoms with Gasteiger partial charge in [0.1, 0.15) is 5.75 Å². The van der Waals surface area contributed by atoms with E-state index in [1.807, 2.05) is 19.1 Å². The van der Waals surface area contributed by atoms with Crippen molar-refractivity contribution < 1.29 is 46.7 Å². The second-order valence-corrected chi connectivity index (χ2v) is 7.70. The van der Waals surface area contributed by atoms with Crippen LogP contribution in [0.25, 0.3) is 0 Å². The Morgan fingerprint density at radius 1 is 0.885 bits per heavy atom. The third-order valence-electron chi connectivity index (χ3n) is 4.52. The van der Waals surface area contributed by atoms with Gasteiger partial charge < -0.3 is 8.74 Å². The van der Waals surface area contributed by atoms with Crippen LogP contribution >= 0.6 is 0 Å². The van der Waals surface area contributed by atoms with Gasteiger partial charge in [-0.05, 0) is 36.5 Å². The third-order valence-corrected chi connectivity index (χ3v) is 4.90. The second-order valence-electron chi connectivity index (χ2n) is 6.72. The second kappa shape index (κ2) is 14.9. The first-order valence-electron chi connectivity index (χ1n) is 9.73. The molecule has 1 rings (SSSR count). The zero-order chi connectivity index (χ0) is 18.5. The van der Waals surface area contributed by atoms with Gasteiger partial charge in [-0.15, -0.1) is 0 Å². The van der Waals surface area contributed by atoms with Gasteiger partial charge in [-0.3, -0.25) is 0 Å². The molecule has 0 aliphatic carbocycles. The van der Waals surface area contributed by atoms with Crippen LogP contribution in [0.15, 0.2) is 18.2 Å². The Labute approximate surface area is 182 Å². The maximum atomic E-state index is 10.7. The summed E-state index contributed by atoms with van der Waals surface area (Å²) in [5.74, 6) is 0.157. The zero-order valence-electron chi connectivity index (χ0n) is 16.8. The molecule has 144 valence electrons. The molecule has 4 nitrogen and oxygen atoms in total. The Bertz CT molecular complexity index is 587. The normalized spacial score (nSPS) is 11.2. The maximum absolute atomic E-state index is 10.7. The van der Waals surface area contributed by atoms with E-state index in [4.69, 9.17) is 0 Å². The van der Waals surface area contributed by atoms with Gasteiger partial charge in [-0.25, -0.2) is 8.42 Å². The average Bonchev–Trinajstić information content (AvgIpc) is 2.56. The minimum Gasteiger partial charge on any atom is -0.716 e. The van der Waals surface area contributed by atoms with Gasteiger partial charge in [0.15, 0.2) is 0 Å². The van der Waals surface area contributed by atoms with Crippen molar-refractivity contribution in [2.75, 3.05) is 0 Å². The number of rotatable bonds is 14. The third kappa shape index (κ3) is 12.3. The summed E-state index contributed by atoms with van der Waals surface area (Å²) < 4.78 is 36.7. The number of unbranched alkanes of at least 4 members (excludes halogenated alkanes) is 9. The molecule has 0 saturated carbocycles. The van der Waals surface area contributed by atoms with Crippen LogP contribution in [-0.2, 0) is 23.2 Å². The Kier molecular flexibility index (Phi) is 14.9. The molecular weight excluding hydrogens is 359 g/mol. The molecule has 26 heavy (non-hydrogen) atoms. The first-order chi connectivity index (χ1) is 12.0. The van der Waals surface area contributed by atoms with Crippen molar-refractivity contribution in [3.05, 3.63) is 29.3 Å². The van der Waals surface area contributed by atoms with E-state index in [0.717, 1.165) is 18.4 Å². The molecule has 0 N–H and O–H groups in total. The molecule has 0 amide bonds. The maximum Gasteiger partial charge on any atom is 1.00 e. The van der Waals surface area contributed by atoms with E-state index in [1.165, 1.54) is 63.4 Å². The van der Waals surface area contributed by atoms with Crippen LogP contribution in [-0.4, -0.2) is 13.0 Å². The van der Waals surface area contributed by atoms with Crippen LogP contribution in [0.2, 0.25) is 0 Å². The summed E-state index contributed by atoms with van der Waals surface area (Å²) in [6, 6.07) is 5.40. The van der Waals surface area contributed by atoms with Crippen LogP contribution in [0.1, 0.15) is 89.2 Å². The molecule has 1 aromatic rings. The summed E-state index contributed by atoms with van der Waals surface area (Å²) >= 11 is 0. The summed E-state index contributed by atoms with van der Waals surface area (Å²) in [5.41, 5.74) is 1.94. The molecule has 0 heterocycles. The largest absolute Gasteiger partial charge is 1.00 e. The van der Waals surface area contributed by atoms with E-state index in [1.54, 1.807) is 6.07 Å². The fourth-order valence-corrected chi connectivity index (χ4v) is 3.45. The fourth-order valence-electron chi connectivity index (χ4n) is 3.07. The Morgan fingerprint density at radius 2 is 1.42 bits per heavy atom. The SMILES string of the molecule is CCCCCCCCCCCCc1ccc(OS(=O)(=O)[O-])c(CC)c1.[Na+]. The molecule has 1 aromatic carbocycles. The Morgan fingerprint density at radius 3 is 1.92 bits per heavy atom. The van der Waals surface area contributed by atoms with Crippen molar-refractivity contribution in [3.8, 4) is 5.75 Å². The van der Waals surface area contributed by atoms with Gasteiger partial charge in [-0.2, -0.15) is 0 Å². The van der Waals surface area contributed by atoms with Crippen LogP contribution in [0, 0.1) is 0 Å². The Balaban J connectivity index is 0.00000625. The predicted octanol–water partition coefficient (Wildman–Crippen LogP) is 2.56. The monoisotopic (exact) mass is 392 g/mol. The molecule has 0 aromatic heterocycles. The molecule has 0 unspecified atom stereocenters. The van der Waals surface area contributed by atoms with E-state index in [-0.39, 0.29) is 35.3 Å². The van der Waals surface area contributed by atoms with Gasteiger partial charge in [0.05, 0.1) is 0 Å². The molecule has 0 bridgehead atoms. The molecule has 0 spiro atoms. The molecular formula is C20H33NaO4S. The number of hydrogen-bond donors (Lipinski definition) is 0. The van der Waals surface area contributed by atoms with Gasteiger partial charge in [-0.1, -0.05) is 83.8 Å². The van der Waals surface area contributed by atoms with Crippen molar-refractivity contribution >= 4 is 10.4 Å². The quantitative estimate of drug-likeness (QED) is 0.211. The van der Waals surface area contributed by atoms with Gasteiger partial charge >= 0.3 is 29.6 Å². The Hall–Kier alpha value is -0.0700. The van der Waals surface area contributed by atoms with Crippen LogP contribution in [0.5, 0.6) is 5.75 Å². The van der Waals surface area contributed by atoms with E-state index < -0.39 is 10.4 Å². The summed E-state index contributed by atoms with van der Waals surface area (Å²) in [7, 11) is -4.71. The van der Waals surface area contributed by atoms with E-state index in [2.05, 4.69) is 11.1 Å². The summed E-state index contributed by atoms with van der Waals surface area (Å²) in [5, 5.41) is 0. The van der Waals surface area contributed by atoms with Crippen LogP contribution in [0.3, 0.4) is 0 Å². The van der Waals surface area contributed by atoms with Crippen molar-refractivity contribution in [1.82, 2.24) is 0 Å². The van der Waals surface area contributed by atoms with Gasteiger partial charge in [0, 0.05) is 0 Å². The predicted molar refractivity (Wildman–Crippen MR) is 102 cm³/mol. The topological polar surface area (TPSA) is 66.4 Å². The smallest absolute Gasteiger partial charge is 0.716 e. The number of benzene rings is 1. The van der Waals surface area contributed by atoms with Gasteiger partial charge in [0.25, 0.3) is 10.4 Å².